The van der Waals surface area contributed by atoms with Crippen LogP contribution in [0.3, 0.4) is 0 Å². The van der Waals surface area contributed by atoms with Crippen molar-refractivity contribution in [2.24, 2.45) is 5.92 Å². The number of benzene rings is 1. The Morgan fingerprint density at radius 1 is 1.32 bits per heavy atom. The Hall–Kier alpha value is -1.46. The maximum atomic E-state index is 5.78. The molecule has 3 rings (SSSR count). The van der Waals surface area contributed by atoms with E-state index in [2.05, 4.69) is 30.0 Å². The van der Waals surface area contributed by atoms with Crippen molar-refractivity contribution in [3.8, 4) is 17.2 Å². The van der Waals surface area contributed by atoms with E-state index in [0.717, 1.165) is 36.3 Å². The molecule has 0 amide bonds. The summed E-state index contributed by atoms with van der Waals surface area (Å²) in [6.07, 6.45) is 1.29. The van der Waals surface area contributed by atoms with Crippen molar-refractivity contribution in [3.63, 3.8) is 0 Å². The van der Waals surface area contributed by atoms with E-state index < -0.39 is 0 Å². The Morgan fingerprint density at radius 3 is 2.77 bits per heavy atom. The van der Waals surface area contributed by atoms with Gasteiger partial charge in [0.2, 0.25) is 6.79 Å². The van der Waals surface area contributed by atoms with Gasteiger partial charge in [-0.2, -0.15) is 0 Å². The minimum absolute atomic E-state index is 0.300. The summed E-state index contributed by atoms with van der Waals surface area (Å²) in [6.45, 7) is 7.36. The molecule has 0 saturated carbocycles. The quantitative estimate of drug-likeness (QED) is 0.805. The molecule has 1 unspecified atom stereocenters. The third-order valence-electron chi connectivity index (χ3n) is 4.35. The van der Waals surface area contributed by atoms with Crippen LogP contribution in [0.1, 0.15) is 18.9 Å². The van der Waals surface area contributed by atoms with Crippen LogP contribution in [0.4, 0.5) is 0 Å². The molecule has 0 aliphatic carbocycles. The third kappa shape index (κ3) is 3.47. The Bertz CT molecular complexity index is 521. The normalized spacial score (nSPS) is 20.8. The van der Waals surface area contributed by atoms with Crippen molar-refractivity contribution in [2.75, 3.05) is 47.1 Å². The first-order chi connectivity index (χ1) is 10.7. The molecular formula is C17H26N2O3. The summed E-state index contributed by atoms with van der Waals surface area (Å²) in [7, 11) is 4.38. The lowest BCUT2D eigenvalue weighted by molar-refractivity contribution is 0.173. The molecule has 1 atom stereocenters. The van der Waals surface area contributed by atoms with Gasteiger partial charge in [-0.25, -0.2) is 0 Å². The minimum atomic E-state index is 0.300. The van der Waals surface area contributed by atoms with Crippen LogP contribution in [0.15, 0.2) is 12.1 Å². The second kappa shape index (κ2) is 6.75. The molecule has 0 spiro atoms. The van der Waals surface area contributed by atoms with E-state index >= 15 is 0 Å². The lowest BCUT2D eigenvalue weighted by atomic mass is 10.1. The van der Waals surface area contributed by atoms with Crippen molar-refractivity contribution in [1.29, 1.82) is 0 Å². The predicted octanol–water partition coefficient (Wildman–Crippen LogP) is 2.20. The van der Waals surface area contributed by atoms with E-state index in [9.17, 15) is 0 Å². The van der Waals surface area contributed by atoms with Gasteiger partial charge in [-0.05, 0) is 46.0 Å². The fourth-order valence-electron chi connectivity index (χ4n) is 3.35. The molecule has 0 aromatic heterocycles. The first kappa shape index (κ1) is 15.4. The number of rotatable bonds is 6. The number of nitrogens with zero attached hydrogens (tertiary/aromatic N) is 2. The highest BCUT2D eigenvalue weighted by molar-refractivity contribution is 5.51. The molecule has 1 aromatic rings. The molecule has 2 heterocycles. The minimum Gasteiger partial charge on any atom is -0.493 e. The maximum Gasteiger partial charge on any atom is 0.231 e. The Morgan fingerprint density at radius 2 is 2.09 bits per heavy atom. The largest absolute Gasteiger partial charge is 0.493 e. The van der Waals surface area contributed by atoms with Crippen LogP contribution < -0.4 is 14.2 Å². The van der Waals surface area contributed by atoms with Crippen molar-refractivity contribution in [3.05, 3.63) is 17.7 Å². The van der Waals surface area contributed by atoms with Gasteiger partial charge in [0.25, 0.3) is 0 Å². The summed E-state index contributed by atoms with van der Waals surface area (Å²) >= 11 is 0. The molecule has 1 aromatic carbocycles. The highest BCUT2D eigenvalue weighted by Crippen LogP contribution is 2.38. The monoisotopic (exact) mass is 306 g/mol. The van der Waals surface area contributed by atoms with E-state index in [-0.39, 0.29) is 0 Å². The highest BCUT2D eigenvalue weighted by atomic mass is 16.7. The number of likely N-dealkylation sites (tertiary alicyclic amines) is 1. The van der Waals surface area contributed by atoms with Gasteiger partial charge in [0.05, 0.1) is 6.61 Å². The van der Waals surface area contributed by atoms with Crippen LogP contribution in [-0.2, 0) is 6.54 Å². The predicted molar refractivity (Wildman–Crippen MR) is 85.7 cm³/mol. The smallest absolute Gasteiger partial charge is 0.231 e. The average Bonchev–Trinajstić information content (AvgIpc) is 3.08. The summed E-state index contributed by atoms with van der Waals surface area (Å²) < 4.78 is 16.7. The molecule has 5 heteroatoms. The molecular weight excluding hydrogens is 280 g/mol. The molecule has 122 valence electrons. The number of hydrogen-bond donors (Lipinski definition) is 0. The summed E-state index contributed by atoms with van der Waals surface area (Å²) in [4.78, 5) is 4.79. The Kier molecular flexibility index (Phi) is 4.74. The van der Waals surface area contributed by atoms with Gasteiger partial charge in [-0.1, -0.05) is 0 Å². The molecule has 0 N–H and O–H groups in total. The average molecular weight is 306 g/mol. The van der Waals surface area contributed by atoms with Crippen LogP contribution in [0.25, 0.3) is 0 Å². The lowest BCUT2D eigenvalue weighted by Crippen LogP contribution is -2.27. The van der Waals surface area contributed by atoms with E-state index in [1.807, 2.05) is 13.0 Å². The van der Waals surface area contributed by atoms with E-state index in [1.54, 1.807) is 0 Å². The Labute approximate surface area is 132 Å². The van der Waals surface area contributed by atoms with Gasteiger partial charge in [-0.15, -0.1) is 0 Å². The molecule has 2 aliphatic rings. The van der Waals surface area contributed by atoms with Crippen molar-refractivity contribution < 1.29 is 14.2 Å². The molecule has 22 heavy (non-hydrogen) atoms. The van der Waals surface area contributed by atoms with Gasteiger partial charge in [0.15, 0.2) is 11.5 Å². The van der Waals surface area contributed by atoms with Gasteiger partial charge in [0, 0.05) is 31.3 Å². The molecule has 1 fully saturated rings. The van der Waals surface area contributed by atoms with E-state index in [0.29, 0.717) is 13.4 Å². The third-order valence-corrected chi connectivity index (χ3v) is 4.35. The van der Waals surface area contributed by atoms with Gasteiger partial charge < -0.3 is 24.0 Å². The van der Waals surface area contributed by atoms with Crippen LogP contribution >= 0.6 is 0 Å². The Balaban J connectivity index is 1.67. The summed E-state index contributed by atoms with van der Waals surface area (Å²) in [5, 5.41) is 0. The maximum absolute atomic E-state index is 5.78. The van der Waals surface area contributed by atoms with Crippen LogP contribution in [0.2, 0.25) is 0 Å². The summed E-state index contributed by atoms with van der Waals surface area (Å²) in [5.41, 5.74) is 1.17. The van der Waals surface area contributed by atoms with Gasteiger partial charge in [-0.3, -0.25) is 0 Å². The molecule has 0 radical (unpaired) electrons. The fourth-order valence-corrected chi connectivity index (χ4v) is 3.35. The zero-order chi connectivity index (χ0) is 15.5. The van der Waals surface area contributed by atoms with Crippen LogP contribution in [0, 0.1) is 5.92 Å². The van der Waals surface area contributed by atoms with Gasteiger partial charge >= 0.3 is 0 Å². The zero-order valence-corrected chi connectivity index (χ0v) is 13.8. The first-order valence-corrected chi connectivity index (χ1v) is 8.08. The van der Waals surface area contributed by atoms with Crippen molar-refractivity contribution in [1.82, 2.24) is 9.80 Å². The van der Waals surface area contributed by atoms with Crippen LogP contribution in [-0.4, -0.2) is 56.9 Å². The van der Waals surface area contributed by atoms with Crippen LogP contribution in [0.5, 0.6) is 17.2 Å². The molecule has 2 aliphatic heterocycles. The molecule has 0 bridgehead atoms. The fraction of sp³-hybridized carbons (Fsp3) is 0.647. The first-order valence-electron chi connectivity index (χ1n) is 8.08. The van der Waals surface area contributed by atoms with Crippen molar-refractivity contribution in [2.45, 2.75) is 19.9 Å². The number of ether oxygens (including phenoxy) is 3. The summed E-state index contributed by atoms with van der Waals surface area (Å²) in [5.74, 6) is 3.28. The molecule has 5 nitrogen and oxygen atoms in total. The van der Waals surface area contributed by atoms with Crippen molar-refractivity contribution >= 4 is 0 Å². The standard InChI is InChI=1S/C17H26N2O3/c1-4-20-15-8-17-16(21-12-22-17)7-14(15)11-19(3)10-13-5-6-18(2)9-13/h7-8,13H,4-6,9-12H2,1-3H3. The second-order valence-electron chi connectivity index (χ2n) is 6.36. The summed E-state index contributed by atoms with van der Waals surface area (Å²) in [6, 6.07) is 4.02. The number of hydrogen-bond acceptors (Lipinski definition) is 5. The number of fused-ring (bicyclic) bond motifs is 1. The SMILES string of the molecule is CCOc1cc2c(cc1CN(C)CC1CCN(C)C1)OCO2. The second-order valence-corrected chi connectivity index (χ2v) is 6.36. The van der Waals surface area contributed by atoms with Gasteiger partial charge in [0.1, 0.15) is 5.75 Å². The zero-order valence-electron chi connectivity index (χ0n) is 13.8. The lowest BCUT2D eigenvalue weighted by Gasteiger charge is -2.22. The highest BCUT2D eigenvalue weighted by Gasteiger charge is 2.22. The van der Waals surface area contributed by atoms with E-state index in [4.69, 9.17) is 14.2 Å². The van der Waals surface area contributed by atoms with E-state index in [1.165, 1.54) is 25.1 Å². The topological polar surface area (TPSA) is 34.2 Å². The molecule has 1 saturated heterocycles.